The lowest BCUT2D eigenvalue weighted by Crippen LogP contribution is -2.62. The Morgan fingerprint density at radius 1 is 1.26 bits per heavy atom. The first-order chi connectivity index (χ1) is 15.9. The van der Waals surface area contributed by atoms with Crippen molar-refractivity contribution >= 4 is 5.91 Å². The highest BCUT2D eigenvalue weighted by Gasteiger charge is 2.51. The van der Waals surface area contributed by atoms with Crippen molar-refractivity contribution < 1.29 is 43.8 Å². The highest BCUT2D eigenvalue weighted by molar-refractivity contribution is 5.82. The largest absolute Gasteiger partial charge is 0.394 e. The Labute approximate surface area is 202 Å². The van der Waals surface area contributed by atoms with E-state index in [1.807, 2.05) is 27.7 Å². The number of rotatable bonds is 10. The quantitative estimate of drug-likeness (QED) is 0.258. The van der Waals surface area contributed by atoms with Gasteiger partial charge in [0.1, 0.15) is 6.10 Å². The minimum absolute atomic E-state index is 0.0533. The number of aliphatic hydroxyl groups excluding tert-OH is 3. The van der Waals surface area contributed by atoms with Crippen LogP contribution in [0.25, 0.3) is 0 Å². The average Bonchev–Trinajstić information content (AvgIpc) is 2.80. The number of ether oxygens (including phenoxy) is 5. The van der Waals surface area contributed by atoms with Gasteiger partial charge >= 0.3 is 0 Å². The van der Waals surface area contributed by atoms with Crippen LogP contribution in [0.2, 0.25) is 0 Å². The summed E-state index contributed by atoms with van der Waals surface area (Å²) in [5.41, 5.74) is 0.198. The molecule has 0 unspecified atom stereocenters. The molecule has 0 bridgehead atoms. The second-order valence-electron chi connectivity index (χ2n) is 10.0. The summed E-state index contributed by atoms with van der Waals surface area (Å²) in [4.78, 5) is 13.1. The number of carbonyl (C=O) groups excluding carboxylic acids is 1. The van der Waals surface area contributed by atoms with Crippen LogP contribution in [0.5, 0.6) is 0 Å². The molecule has 4 N–H and O–H groups in total. The second-order valence-corrected chi connectivity index (χ2v) is 10.0. The fourth-order valence-electron chi connectivity index (χ4n) is 4.60. The first-order valence-electron chi connectivity index (χ1n) is 11.8. The van der Waals surface area contributed by atoms with Gasteiger partial charge in [-0.3, -0.25) is 4.79 Å². The van der Waals surface area contributed by atoms with Gasteiger partial charge in [-0.15, -0.1) is 0 Å². The third-order valence-corrected chi connectivity index (χ3v) is 7.59. The monoisotopic (exact) mass is 489 g/mol. The SMILES string of the molecule is C=C1C[C@](OC)([C@H](O)C(=O)N[C@@H](OC)[C@@H]2C[C@@H](O)C(C)(C)[C@@H](C[C@@H](CO)OC)O2)O[C@H](C)[C@@H]1C. The molecule has 34 heavy (non-hydrogen) atoms. The van der Waals surface area contributed by atoms with Gasteiger partial charge in [-0.25, -0.2) is 0 Å². The summed E-state index contributed by atoms with van der Waals surface area (Å²) in [5.74, 6) is -2.28. The van der Waals surface area contributed by atoms with Gasteiger partial charge in [-0.2, -0.15) is 0 Å². The average molecular weight is 490 g/mol. The molecule has 2 aliphatic rings. The van der Waals surface area contributed by atoms with Crippen LogP contribution < -0.4 is 5.32 Å². The molecular weight excluding hydrogens is 446 g/mol. The number of amides is 1. The van der Waals surface area contributed by atoms with E-state index in [0.717, 1.165) is 5.57 Å². The molecule has 0 aromatic carbocycles. The van der Waals surface area contributed by atoms with E-state index in [1.54, 1.807) is 0 Å². The van der Waals surface area contributed by atoms with Crippen molar-refractivity contribution in [3.05, 3.63) is 12.2 Å². The lowest BCUT2D eigenvalue weighted by Gasteiger charge is -2.48. The Bertz CT molecular complexity index is 698. The van der Waals surface area contributed by atoms with Crippen LogP contribution >= 0.6 is 0 Å². The molecule has 10 nitrogen and oxygen atoms in total. The standard InChI is InChI=1S/C24H43NO9/c1-13-11-24(32-8,34-15(3)14(13)2)20(28)21(29)25-22(31-7)17-10-18(27)23(4,5)19(33-17)9-16(12-26)30-6/h14-20,22,26-28H,1,9-12H2,2-8H3,(H,25,29)/t14-,15-,16+,17+,18-,19-,20-,22+,24-/m1/s1. The summed E-state index contributed by atoms with van der Waals surface area (Å²) in [5, 5.41) is 34.0. The number of carbonyl (C=O) groups is 1. The molecule has 198 valence electrons. The van der Waals surface area contributed by atoms with Crippen LogP contribution in [0.3, 0.4) is 0 Å². The lowest BCUT2D eigenvalue weighted by molar-refractivity contribution is -0.298. The summed E-state index contributed by atoms with van der Waals surface area (Å²) < 4.78 is 28.4. The second kappa shape index (κ2) is 11.7. The van der Waals surface area contributed by atoms with Gasteiger partial charge in [0.15, 0.2) is 12.3 Å². The molecule has 0 aromatic heterocycles. The molecule has 0 aliphatic carbocycles. The van der Waals surface area contributed by atoms with Crippen LogP contribution in [0.1, 0.15) is 47.0 Å². The van der Waals surface area contributed by atoms with Crippen LogP contribution in [-0.2, 0) is 28.5 Å². The Hall–Kier alpha value is -1.11. The molecule has 2 rings (SSSR count). The van der Waals surface area contributed by atoms with Crippen molar-refractivity contribution in [2.45, 2.75) is 95.6 Å². The fraction of sp³-hybridized carbons (Fsp3) is 0.875. The summed E-state index contributed by atoms with van der Waals surface area (Å²) in [6, 6.07) is 0. The summed E-state index contributed by atoms with van der Waals surface area (Å²) in [6.07, 6.45) is -4.61. The summed E-state index contributed by atoms with van der Waals surface area (Å²) in [6.45, 7) is 11.4. The molecule has 2 heterocycles. The minimum atomic E-state index is -1.66. The third-order valence-electron chi connectivity index (χ3n) is 7.59. The molecule has 2 aliphatic heterocycles. The first-order valence-corrected chi connectivity index (χ1v) is 11.8. The maximum absolute atomic E-state index is 13.1. The first kappa shape index (κ1) is 29.1. The van der Waals surface area contributed by atoms with Crippen molar-refractivity contribution in [1.29, 1.82) is 0 Å². The van der Waals surface area contributed by atoms with E-state index in [-0.39, 0.29) is 31.5 Å². The van der Waals surface area contributed by atoms with E-state index in [0.29, 0.717) is 6.42 Å². The molecule has 2 fully saturated rings. The van der Waals surface area contributed by atoms with Crippen LogP contribution in [0.4, 0.5) is 0 Å². The van der Waals surface area contributed by atoms with E-state index in [1.165, 1.54) is 21.3 Å². The molecule has 0 aromatic rings. The zero-order valence-electron chi connectivity index (χ0n) is 21.4. The van der Waals surface area contributed by atoms with Gasteiger partial charge in [0.25, 0.3) is 5.91 Å². The summed E-state index contributed by atoms with van der Waals surface area (Å²) >= 11 is 0. The number of nitrogens with one attached hydrogen (secondary N) is 1. The zero-order chi connectivity index (χ0) is 25.8. The van der Waals surface area contributed by atoms with Gasteiger partial charge in [0, 0.05) is 51.9 Å². The summed E-state index contributed by atoms with van der Waals surface area (Å²) in [7, 11) is 4.28. The highest BCUT2D eigenvalue weighted by atomic mass is 16.7. The molecule has 10 heteroatoms. The fourth-order valence-corrected chi connectivity index (χ4v) is 4.60. The molecule has 0 saturated carbocycles. The maximum Gasteiger partial charge on any atom is 0.256 e. The van der Waals surface area contributed by atoms with Crippen LogP contribution in [0.15, 0.2) is 12.2 Å². The molecule has 0 spiro atoms. The Balaban J connectivity index is 2.16. The van der Waals surface area contributed by atoms with E-state index in [9.17, 15) is 20.1 Å². The molecule has 0 radical (unpaired) electrons. The zero-order valence-corrected chi connectivity index (χ0v) is 21.4. The van der Waals surface area contributed by atoms with Crippen molar-refractivity contribution in [2.24, 2.45) is 11.3 Å². The van der Waals surface area contributed by atoms with Crippen molar-refractivity contribution in [3.8, 4) is 0 Å². The van der Waals surface area contributed by atoms with Gasteiger partial charge in [-0.1, -0.05) is 32.9 Å². The topological polar surface area (TPSA) is 136 Å². The van der Waals surface area contributed by atoms with E-state index in [4.69, 9.17) is 23.7 Å². The van der Waals surface area contributed by atoms with E-state index >= 15 is 0 Å². The molecule has 9 atom stereocenters. The van der Waals surface area contributed by atoms with E-state index < -0.39 is 53.9 Å². The Morgan fingerprint density at radius 3 is 2.41 bits per heavy atom. The third kappa shape index (κ3) is 5.99. The molecule has 2 saturated heterocycles. The molecule has 1 amide bonds. The van der Waals surface area contributed by atoms with Gasteiger partial charge in [0.05, 0.1) is 31.0 Å². The number of methoxy groups -OCH3 is 3. The highest BCUT2D eigenvalue weighted by Crippen LogP contribution is 2.40. The maximum atomic E-state index is 13.1. The van der Waals surface area contributed by atoms with Gasteiger partial charge in [-0.05, 0) is 6.92 Å². The smallest absolute Gasteiger partial charge is 0.256 e. The van der Waals surface area contributed by atoms with Crippen molar-refractivity contribution in [2.75, 3.05) is 27.9 Å². The van der Waals surface area contributed by atoms with Gasteiger partial charge < -0.3 is 44.3 Å². The van der Waals surface area contributed by atoms with Crippen molar-refractivity contribution in [3.63, 3.8) is 0 Å². The number of aliphatic hydroxyl groups is 3. The van der Waals surface area contributed by atoms with Gasteiger partial charge in [0.2, 0.25) is 5.79 Å². The normalized spacial score (nSPS) is 36.5. The predicted molar refractivity (Wildman–Crippen MR) is 124 cm³/mol. The van der Waals surface area contributed by atoms with Crippen molar-refractivity contribution in [1.82, 2.24) is 5.32 Å². The van der Waals surface area contributed by atoms with Crippen LogP contribution in [0, 0.1) is 11.3 Å². The minimum Gasteiger partial charge on any atom is -0.394 e. The number of hydrogen-bond donors (Lipinski definition) is 4. The lowest BCUT2D eigenvalue weighted by atomic mass is 9.74. The van der Waals surface area contributed by atoms with Crippen LogP contribution in [-0.4, -0.2) is 97.8 Å². The number of hydrogen-bond acceptors (Lipinski definition) is 9. The predicted octanol–water partition coefficient (Wildman–Crippen LogP) is 0.722. The van der Waals surface area contributed by atoms with E-state index in [2.05, 4.69) is 11.9 Å². The molecular formula is C24H43NO9. The Kier molecular flexibility index (Phi) is 10.1. The Morgan fingerprint density at radius 2 is 1.91 bits per heavy atom.